The van der Waals surface area contributed by atoms with Gasteiger partial charge in [-0.2, -0.15) is 0 Å². The normalized spacial score (nSPS) is 19.8. The number of carbonyl (C=O) groups is 2. The summed E-state index contributed by atoms with van der Waals surface area (Å²) >= 11 is 0. The maximum Gasteiger partial charge on any atom is 0.486 e. The van der Waals surface area contributed by atoms with Crippen LogP contribution in [0.15, 0.2) is 60.8 Å². The van der Waals surface area contributed by atoms with E-state index in [4.69, 9.17) is 88.5 Å². The third-order valence-corrected chi connectivity index (χ3v) is 36.7. The second-order valence-corrected chi connectivity index (χ2v) is 39.7. The third-order valence-electron chi connectivity index (χ3n) is 9.28. The highest BCUT2D eigenvalue weighted by atomic mass is 28.5. The number of hydrogen-bond donors (Lipinski definition) is 0. The number of methoxy groups -OCH3 is 2. The summed E-state index contributed by atoms with van der Waals surface area (Å²) in [6, 6.07) is 15.2. The molecule has 2 aromatic rings. The molecular weight excluding hydrogens is 1160 g/mol. The number of hydrogen-bond acceptors (Lipinski definition) is 24. The van der Waals surface area contributed by atoms with Gasteiger partial charge in [0.25, 0.3) is 55.7 Å². The molecule has 0 amide bonds. The summed E-state index contributed by atoms with van der Waals surface area (Å²) < 4.78 is 118. The van der Waals surface area contributed by atoms with E-state index in [0.29, 0.717) is 22.6 Å². The lowest BCUT2D eigenvalue weighted by atomic mass is 10.2. The van der Waals surface area contributed by atoms with E-state index in [-0.39, 0.29) is 66.3 Å². The summed E-state index contributed by atoms with van der Waals surface area (Å²) in [4.78, 5) is 23.3. The van der Waals surface area contributed by atoms with Gasteiger partial charge in [0.15, 0.2) is 40.8 Å². The van der Waals surface area contributed by atoms with Gasteiger partial charge in [-0.1, -0.05) is 37.6 Å². The molecule has 10 unspecified atom stereocenters. The SMILES string of the molecule is C=C[Si]1(C)OC(=O)c2ccccc2O1.CCC[Si]1(C)OC(=O)c2ccccc2O1.COCOCOCOCOCOCOCOCOC.CO[SiH](C)O[SiH](C)O[SiH](C)O[SiH](C)O[SiH](C)O[SiH](C)O[SiH](C)O[SiH](C)OC. The van der Waals surface area contributed by atoms with Gasteiger partial charge in [0, 0.05) is 47.6 Å². The zero-order valence-corrected chi connectivity index (χ0v) is 57.6. The van der Waals surface area contributed by atoms with Crippen LogP contribution in [0.1, 0.15) is 34.1 Å². The fourth-order valence-electron chi connectivity index (χ4n) is 6.02. The molecule has 0 radical (unpaired) electrons. The molecule has 24 nitrogen and oxygen atoms in total. The Morgan fingerprint density at radius 1 is 0.453 bits per heavy atom. The fraction of sp³-hybridized carbons (Fsp3) is 0.610. The smallest absolute Gasteiger partial charge is 0.486 e. The second-order valence-electron chi connectivity index (χ2n) is 16.0. The molecule has 0 bridgehead atoms. The van der Waals surface area contributed by atoms with Crippen LogP contribution in [0.5, 0.6) is 11.5 Å². The molecule has 0 saturated heterocycles. The average Bonchev–Trinajstić information content (AvgIpc) is 3.35. The van der Waals surface area contributed by atoms with Crippen molar-refractivity contribution >= 4 is 103 Å². The first-order chi connectivity index (χ1) is 35.8. The van der Waals surface area contributed by atoms with Crippen molar-refractivity contribution in [1.82, 2.24) is 0 Å². The number of para-hydroxylation sites is 2. The second kappa shape index (κ2) is 42.1. The van der Waals surface area contributed by atoms with E-state index in [9.17, 15) is 9.59 Å². The number of benzene rings is 2. The van der Waals surface area contributed by atoms with Crippen molar-refractivity contribution in [3.05, 3.63) is 71.9 Å². The predicted molar refractivity (Wildman–Crippen MR) is 300 cm³/mol. The lowest BCUT2D eigenvalue weighted by Gasteiger charge is -2.32. The molecule has 0 spiro atoms. The summed E-state index contributed by atoms with van der Waals surface area (Å²) in [5.74, 6) is 0.717. The summed E-state index contributed by atoms with van der Waals surface area (Å²) in [6.07, 6.45) is 0.970. The molecule has 0 aliphatic carbocycles. The Balaban J connectivity index is 0.000000516. The molecular formula is C41H84O24Si10. The monoisotopic (exact) mass is 1240 g/mol. The highest BCUT2D eigenvalue weighted by Gasteiger charge is 2.42. The molecule has 0 aromatic heterocycles. The molecule has 2 aromatic carbocycles. The first-order valence-corrected chi connectivity index (χ1v) is 45.8. The van der Waals surface area contributed by atoms with Gasteiger partial charge >= 0.3 is 47.6 Å². The van der Waals surface area contributed by atoms with E-state index in [1.807, 2.05) is 83.2 Å². The van der Waals surface area contributed by atoms with Gasteiger partial charge in [-0.25, -0.2) is 9.59 Å². The van der Waals surface area contributed by atoms with Crippen LogP contribution >= 0.6 is 0 Å². The Hall–Kier alpha value is -1.83. The Morgan fingerprint density at radius 2 is 0.760 bits per heavy atom. The fourth-order valence-corrected chi connectivity index (χ4v) is 30.6. The lowest BCUT2D eigenvalue weighted by molar-refractivity contribution is -0.224. The molecule has 34 heteroatoms. The van der Waals surface area contributed by atoms with E-state index in [1.54, 1.807) is 50.7 Å². The van der Waals surface area contributed by atoms with Gasteiger partial charge in [0.2, 0.25) is 0 Å². The van der Waals surface area contributed by atoms with E-state index in [0.717, 1.165) is 12.5 Å². The van der Waals surface area contributed by atoms with Crippen molar-refractivity contribution in [2.75, 3.05) is 82.8 Å². The van der Waals surface area contributed by atoms with Crippen molar-refractivity contribution < 1.29 is 108 Å². The largest absolute Gasteiger partial charge is 0.511 e. The lowest BCUT2D eigenvalue weighted by Crippen LogP contribution is -2.47. The number of ether oxygens (including phenoxy) is 9. The van der Waals surface area contributed by atoms with Crippen LogP contribution in [0.25, 0.3) is 0 Å². The number of rotatable bonds is 35. The molecule has 0 N–H and O–H groups in total. The Labute approximate surface area is 459 Å². The number of carbonyl (C=O) groups excluding carboxylic acids is 2. The maximum absolute atomic E-state index is 11.7. The van der Waals surface area contributed by atoms with Crippen LogP contribution in [0.4, 0.5) is 0 Å². The average molecular weight is 1240 g/mol. The van der Waals surface area contributed by atoms with Crippen molar-refractivity contribution in [3.63, 3.8) is 0 Å². The van der Waals surface area contributed by atoms with Gasteiger partial charge < -0.3 is 98.0 Å². The summed E-state index contributed by atoms with van der Waals surface area (Å²) in [5.41, 5.74) is 2.62. The minimum atomic E-state index is -2.51. The number of fused-ring (bicyclic) bond motifs is 2. The molecule has 2 heterocycles. The molecule has 2 aliphatic heterocycles. The zero-order valence-electron chi connectivity index (χ0n) is 46.4. The molecule has 0 fully saturated rings. The minimum Gasteiger partial charge on any atom is -0.511 e. The van der Waals surface area contributed by atoms with Crippen LogP contribution < -0.4 is 8.85 Å². The molecule has 10 atom stereocenters. The predicted octanol–water partition coefficient (Wildman–Crippen LogP) is 4.00. The van der Waals surface area contributed by atoms with Crippen LogP contribution in [-0.2, 0) is 89.1 Å². The summed E-state index contributed by atoms with van der Waals surface area (Å²) in [6.45, 7) is 26.2. The highest BCUT2D eigenvalue weighted by molar-refractivity contribution is 6.74. The first-order valence-electron chi connectivity index (χ1n) is 24.1. The van der Waals surface area contributed by atoms with Gasteiger partial charge in [0.05, 0.1) is 11.1 Å². The Morgan fingerprint density at radius 3 is 1.08 bits per heavy atom. The minimum absolute atomic E-state index is 0.0461. The van der Waals surface area contributed by atoms with E-state index < -0.39 is 91.4 Å². The van der Waals surface area contributed by atoms with Crippen molar-refractivity contribution in [2.45, 2.75) is 84.9 Å². The topological polar surface area (TPSA) is 237 Å². The quantitative estimate of drug-likeness (QED) is 0.0539. The van der Waals surface area contributed by atoms with Gasteiger partial charge in [-0.05, 0) is 82.3 Å². The summed E-state index contributed by atoms with van der Waals surface area (Å²) in [7, 11) is -12.0. The van der Waals surface area contributed by atoms with Crippen LogP contribution in [0, 0.1) is 0 Å². The van der Waals surface area contributed by atoms with E-state index >= 15 is 0 Å². The van der Waals surface area contributed by atoms with Gasteiger partial charge in [0.1, 0.15) is 25.1 Å². The van der Waals surface area contributed by atoms with E-state index in [2.05, 4.69) is 23.0 Å². The van der Waals surface area contributed by atoms with Crippen LogP contribution in [0.2, 0.25) is 71.5 Å². The Bertz CT molecular complexity index is 1780. The standard InChI is InChI=1S/C11H14O3Si.C10H38O9Si8.C10H22O9.C10H10O3Si/c1-3-8-15(2)13-10-7-5-4-6-9(10)11(12)14-15;1-11-20(3)13-22(5)15-24(7)17-26(9)19-27(10)18-25(8)16-23(6)14-21(4)12-2;1-11-3-13-5-15-7-17-9-19-10-18-8-16-6-14-4-12-2;1-3-14(2)12-9-7-5-4-6-8(9)10(11)13-14/h4-7H,3,8H2,1-2H3;20-27H,1-10H3;3-10H2,1-2H3;3-7H,1H2,2H3. The van der Waals surface area contributed by atoms with Gasteiger partial charge in [-0.15, -0.1) is 6.58 Å². The maximum atomic E-state index is 11.7. The highest BCUT2D eigenvalue weighted by Crippen LogP contribution is 2.31. The molecule has 2 aliphatic rings. The van der Waals surface area contributed by atoms with E-state index in [1.165, 1.54) is 14.2 Å². The Kier molecular flexibility index (Phi) is 40.0. The van der Waals surface area contributed by atoms with Crippen LogP contribution in [0.3, 0.4) is 0 Å². The molecule has 432 valence electrons. The van der Waals surface area contributed by atoms with Crippen LogP contribution in [-0.4, -0.2) is 186 Å². The summed E-state index contributed by atoms with van der Waals surface area (Å²) in [5, 5.41) is 0. The molecule has 75 heavy (non-hydrogen) atoms. The van der Waals surface area contributed by atoms with Gasteiger partial charge in [-0.3, -0.25) is 0 Å². The molecule has 4 rings (SSSR count). The first kappa shape index (κ1) is 71.2. The molecule has 0 saturated carbocycles. The van der Waals surface area contributed by atoms with Crippen molar-refractivity contribution in [2.24, 2.45) is 0 Å². The van der Waals surface area contributed by atoms with Crippen molar-refractivity contribution in [1.29, 1.82) is 0 Å². The zero-order chi connectivity index (χ0) is 56.1. The third kappa shape index (κ3) is 33.4. The van der Waals surface area contributed by atoms with Crippen molar-refractivity contribution in [3.8, 4) is 11.5 Å².